The molecule has 0 radical (unpaired) electrons. The molecule has 0 unspecified atom stereocenters. The summed E-state index contributed by atoms with van der Waals surface area (Å²) in [6, 6.07) is 12.4. The van der Waals surface area contributed by atoms with Gasteiger partial charge in [0.1, 0.15) is 0 Å². The van der Waals surface area contributed by atoms with Crippen LogP contribution in [-0.4, -0.2) is 5.96 Å². The first kappa shape index (κ1) is 13.6. The van der Waals surface area contributed by atoms with Crippen LogP contribution in [0.3, 0.4) is 0 Å². The van der Waals surface area contributed by atoms with E-state index in [0.29, 0.717) is 12.5 Å². The number of nitrogens with one attached hydrogen (secondary N) is 1. The number of hydrogen-bond acceptors (Lipinski definition) is 2. The van der Waals surface area contributed by atoms with Gasteiger partial charge >= 0.3 is 0 Å². The Bertz CT molecular complexity index is 555. The molecule has 0 saturated heterocycles. The zero-order valence-corrected chi connectivity index (χ0v) is 12.1. The quantitative estimate of drug-likeness (QED) is 0.661. The molecule has 1 aromatic carbocycles. The Kier molecular flexibility index (Phi) is 4.58. The average molecular weight is 273 g/mol. The van der Waals surface area contributed by atoms with Crippen molar-refractivity contribution >= 4 is 23.0 Å². The fourth-order valence-electron chi connectivity index (χ4n) is 1.74. The van der Waals surface area contributed by atoms with Crippen molar-refractivity contribution in [2.75, 3.05) is 5.32 Å². The van der Waals surface area contributed by atoms with Crippen LogP contribution in [-0.2, 0) is 13.0 Å². The molecular formula is C15H19N3S. The molecule has 2 aromatic rings. The van der Waals surface area contributed by atoms with Gasteiger partial charge in [-0.2, -0.15) is 0 Å². The van der Waals surface area contributed by atoms with E-state index < -0.39 is 0 Å². The van der Waals surface area contributed by atoms with Crippen LogP contribution >= 0.6 is 11.3 Å². The van der Waals surface area contributed by atoms with Gasteiger partial charge in [0.25, 0.3) is 0 Å². The van der Waals surface area contributed by atoms with Gasteiger partial charge in [0.2, 0.25) is 0 Å². The van der Waals surface area contributed by atoms with Crippen molar-refractivity contribution in [1.29, 1.82) is 0 Å². The largest absolute Gasteiger partial charge is 0.370 e. The third-order valence-corrected chi connectivity index (χ3v) is 3.82. The number of nitrogens with zero attached hydrogens (tertiary/aromatic N) is 1. The Morgan fingerprint density at radius 2 is 1.95 bits per heavy atom. The fraction of sp³-hybridized carbons (Fsp3) is 0.267. The van der Waals surface area contributed by atoms with Gasteiger partial charge in [-0.15, -0.1) is 11.3 Å². The molecule has 3 N–H and O–H groups in total. The molecule has 1 heterocycles. The predicted octanol–water partition coefficient (Wildman–Crippen LogP) is 3.55. The summed E-state index contributed by atoms with van der Waals surface area (Å²) in [5, 5.41) is 3.10. The number of aryl methyl sites for hydroxylation is 2. The lowest BCUT2D eigenvalue weighted by Gasteiger charge is -2.06. The van der Waals surface area contributed by atoms with Crippen LogP contribution in [0, 0.1) is 6.92 Å². The molecule has 0 spiro atoms. The van der Waals surface area contributed by atoms with Gasteiger partial charge in [-0.25, -0.2) is 4.99 Å². The first-order chi connectivity index (χ1) is 9.17. The normalized spacial score (nSPS) is 11.6. The highest BCUT2D eigenvalue weighted by atomic mass is 32.1. The molecule has 1 aromatic heterocycles. The summed E-state index contributed by atoms with van der Waals surface area (Å²) in [6.45, 7) is 4.86. The Hall–Kier alpha value is -1.81. The monoisotopic (exact) mass is 273 g/mol. The van der Waals surface area contributed by atoms with Gasteiger partial charge in [-0.3, -0.25) is 0 Å². The zero-order chi connectivity index (χ0) is 13.7. The Labute approximate surface area is 118 Å². The van der Waals surface area contributed by atoms with E-state index >= 15 is 0 Å². The lowest BCUT2D eigenvalue weighted by atomic mass is 10.1. The van der Waals surface area contributed by atoms with Crippen molar-refractivity contribution in [3.63, 3.8) is 0 Å². The molecule has 0 bridgehead atoms. The molecule has 3 nitrogen and oxygen atoms in total. The lowest BCUT2D eigenvalue weighted by molar-refractivity contribution is 1.09. The molecule has 0 fully saturated rings. The third kappa shape index (κ3) is 4.10. The molecule has 0 saturated carbocycles. The van der Waals surface area contributed by atoms with E-state index in [9.17, 15) is 0 Å². The highest BCUT2D eigenvalue weighted by Gasteiger charge is 1.98. The van der Waals surface area contributed by atoms with Crippen LogP contribution in [0.2, 0.25) is 0 Å². The summed E-state index contributed by atoms with van der Waals surface area (Å²) in [4.78, 5) is 6.86. The van der Waals surface area contributed by atoms with Crippen LogP contribution in [0.5, 0.6) is 0 Å². The van der Waals surface area contributed by atoms with Crippen molar-refractivity contribution in [2.24, 2.45) is 10.7 Å². The standard InChI is InChI=1S/C15H19N3S/c1-3-12-5-7-13(8-6-12)18-15(16)17-10-14-9-4-11(2)19-14/h4-9H,3,10H2,1-2H3,(H3,16,17,18). The topological polar surface area (TPSA) is 50.4 Å². The Morgan fingerprint density at radius 1 is 1.21 bits per heavy atom. The molecule has 0 aliphatic rings. The predicted molar refractivity (Wildman–Crippen MR) is 83.8 cm³/mol. The van der Waals surface area contributed by atoms with Crippen LogP contribution in [0.15, 0.2) is 41.4 Å². The summed E-state index contributed by atoms with van der Waals surface area (Å²) in [7, 11) is 0. The van der Waals surface area contributed by atoms with Crippen molar-refractivity contribution in [3.8, 4) is 0 Å². The first-order valence-corrected chi connectivity index (χ1v) is 7.20. The highest BCUT2D eigenvalue weighted by Crippen LogP contribution is 2.16. The van der Waals surface area contributed by atoms with Crippen molar-refractivity contribution in [1.82, 2.24) is 0 Å². The minimum absolute atomic E-state index is 0.454. The van der Waals surface area contributed by atoms with E-state index in [2.05, 4.69) is 48.4 Å². The van der Waals surface area contributed by atoms with Gasteiger partial charge in [-0.1, -0.05) is 19.1 Å². The van der Waals surface area contributed by atoms with Crippen molar-refractivity contribution in [3.05, 3.63) is 51.7 Å². The second kappa shape index (κ2) is 6.38. The zero-order valence-electron chi connectivity index (χ0n) is 11.3. The van der Waals surface area contributed by atoms with Gasteiger partial charge < -0.3 is 11.1 Å². The second-order valence-corrected chi connectivity index (χ2v) is 5.76. The fourth-order valence-corrected chi connectivity index (χ4v) is 2.56. The molecule has 19 heavy (non-hydrogen) atoms. The van der Waals surface area contributed by atoms with E-state index in [4.69, 9.17) is 5.73 Å². The summed E-state index contributed by atoms with van der Waals surface area (Å²) in [6.07, 6.45) is 1.04. The maximum Gasteiger partial charge on any atom is 0.193 e. The molecule has 0 aliphatic heterocycles. The van der Waals surface area contributed by atoms with Crippen molar-refractivity contribution in [2.45, 2.75) is 26.8 Å². The minimum Gasteiger partial charge on any atom is -0.370 e. The van der Waals surface area contributed by atoms with Gasteiger partial charge in [0.15, 0.2) is 5.96 Å². The van der Waals surface area contributed by atoms with Crippen molar-refractivity contribution < 1.29 is 0 Å². The first-order valence-electron chi connectivity index (χ1n) is 6.38. The number of anilines is 1. The van der Waals surface area contributed by atoms with E-state index in [1.165, 1.54) is 15.3 Å². The maximum absolute atomic E-state index is 5.87. The van der Waals surface area contributed by atoms with E-state index in [1.807, 2.05) is 12.1 Å². The molecule has 0 aliphatic carbocycles. The minimum atomic E-state index is 0.454. The molecule has 0 amide bonds. The lowest BCUT2D eigenvalue weighted by Crippen LogP contribution is -2.22. The van der Waals surface area contributed by atoms with E-state index in [-0.39, 0.29) is 0 Å². The number of guanidine groups is 1. The van der Waals surface area contributed by atoms with Crippen LogP contribution in [0.4, 0.5) is 5.69 Å². The summed E-state index contributed by atoms with van der Waals surface area (Å²) in [5.74, 6) is 0.454. The van der Waals surface area contributed by atoms with E-state index in [1.54, 1.807) is 11.3 Å². The van der Waals surface area contributed by atoms with Gasteiger partial charge in [0, 0.05) is 15.4 Å². The molecule has 4 heteroatoms. The number of thiophene rings is 1. The highest BCUT2D eigenvalue weighted by molar-refractivity contribution is 7.11. The number of aliphatic imine (C=N–C) groups is 1. The van der Waals surface area contributed by atoms with E-state index in [0.717, 1.165) is 12.1 Å². The second-order valence-electron chi connectivity index (χ2n) is 4.39. The third-order valence-electron chi connectivity index (χ3n) is 2.84. The molecular weight excluding hydrogens is 254 g/mol. The Morgan fingerprint density at radius 3 is 2.53 bits per heavy atom. The SMILES string of the molecule is CCc1ccc(NC(N)=NCc2ccc(C)s2)cc1. The smallest absolute Gasteiger partial charge is 0.193 e. The summed E-state index contributed by atoms with van der Waals surface area (Å²) < 4.78 is 0. The molecule has 100 valence electrons. The van der Waals surface area contributed by atoms with Gasteiger partial charge in [0.05, 0.1) is 6.54 Å². The van der Waals surface area contributed by atoms with Crippen LogP contribution in [0.1, 0.15) is 22.2 Å². The summed E-state index contributed by atoms with van der Waals surface area (Å²) in [5.41, 5.74) is 8.16. The number of rotatable bonds is 4. The number of benzene rings is 1. The summed E-state index contributed by atoms with van der Waals surface area (Å²) >= 11 is 1.75. The average Bonchev–Trinajstić information content (AvgIpc) is 2.83. The van der Waals surface area contributed by atoms with Gasteiger partial charge in [-0.05, 0) is 43.2 Å². The number of hydrogen-bond donors (Lipinski definition) is 2. The number of nitrogens with two attached hydrogens (primary N) is 1. The van der Waals surface area contributed by atoms with Crippen LogP contribution in [0.25, 0.3) is 0 Å². The maximum atomic E-state index is 5.87. The van der Waals surface area contributed by atoms with Crippen LogP contribution < -0.4 is 11.1 Å². The molecule has 2 rings (SSSR count). The molecule has 0 atom stereocenters. The Balaban J connectivity index is 1.93.